The minimum absolute atomic E-state index is 0.00654. The first-order chi connectivity index (χ1) is 30.8. The Bertz CT molecular complexity index is 2180. The van der Waals surface area contributed by atoms with Crippen LogP contribution < -0.4 is 16.4 Å². The number of hydrogen-bond donors (Lipinski definition) is 6. The molecule has 5 saturated carbocycles. The SMILES string of the molecule is CNCc1cc(O)cc(C2CC3(C)C(C(NCC(C)O)CC4(C)C3CCC3=C(C(CC(O)C5OC5(C)C5CCCC5c5cccc(N)c5)C5CCCCC5)C(=O)CC34C)C(C)(C)C2=O)c1. The highest BCUT2D eigenvalue weighted by atomic mass is 16.6. The predicted molar refractivity (Wildman–Crippen MR) is 257 cm³/mol. The number of phenolic OH excluding ortho intramolecular Hbond substituents is 1. The molecule has 0 spiro atoms. The van der Waals surface area contributed by atoms with E-state index in [-0.39, 0.29) is 64.0 Å². The number of Topliss-reactive ketones (excluding diaryl/α,β-unsaturated/α-hetero) is 2. The number of nitrogens with one attached hydrogen (secondary N) is 2. The molecule has 9 nitrogen and oxygen atoms in total. The van der Waals surface area contributed by atoms with Crippen molar-refractivity contribution < 1.29 is 29.6 Å². The van der Waals surface area contributed by atoms with E-state index in [9.17, 15) is 20.1 Å². The quantitative estimate of drug-likeness (QED) is 0.0852. The molecule has 0 aromatic heterocycles. The van der Waals surface area contributed by atoms with Crippen LogP contribution in [0.3, 0.4) is 0 Å². The number of benzene rings is 2. The normalized spacial score (nSPS) is 39.4. The molecule has 0 amide bonds. The molecule has 9 rings (SSSR count). The topological polar surface area (TPSA) is 157 Å². The number of carbonyl (C=O) groups is 2. The maximum atomic E-state index is 15.2. The summed E-state index contributed by atoms with van der Waals surface area (Å²) in [5.41, 5.74) is 10.4. The van der Waals surface area contributed by atoms with E-state index >= 15 is 4.79 Å². The maximum Gasteiger partial charge on any atom is 0.160 e. The second-order valence-corrected chi connectivity index (χ2v) is 24.0. The molecule has 65 heavy (non-hydrogen) atoms. The Kier molecular flexibility index (Phi) is 12.4. The molecule has 1 heterocycles. The van der Waals surface area contributed by atoms with Crippen LogP contribution in [-0.4, -0.2) is 70.4 Å². The van der Waals surface area contributed by atoms with Gasteiger partial charge in [0.1, 0.15) is 17.6 Å². The number of allylic oxidation sites excluding steroid dienone is 2. The second kappa shape index (κ2) is 17.2. The number of rotatable bonds is 13. The van der Waals surface area contributed by atoms with Gasteiger partial charge < -0.3 is 36.4 Å². The number of hydrogen-bond acceptors (Lipinski definition) is 9. The third kappa shape index (κ3) is 7.78. The van der Waals surface area contributed by atoms with E-state index in [1.54, 1.807) is 12.1 Å². The molecule has 14 unspecified atom stereocenters. The van der Waals surface area contributed by atoms with Crippen LogP contribution in [0.25, 0.3) is 0 Å². The van der Waals surface area contributed by atoms with Crippen molar-refractivity contribution in [1.29, 1.82) is 0 Å². The summed E-state index contributed by atoms with van der Waals surface area (Å²) in [6, 6.07) is 14.0. The number of epoxide rings is 1. The Hall–Kier alpha value is -3.08. The summed E-state index contributed by atoms with van der Waals surface area (Å²) in [4.78, 5) is 30.2. The molecule has 7 aliphatic rings. The number of nitrogens with two attached hydrogens (primary N) is 1. The first kappa shape index (κ1) is 47.0. The number of fused-ring (bicyclic) bond motifs is 5. The number of aliphatic hydroxyl groups excluding tert-OH is 2. The van der Waals surface area contributed by atoms with Gasteiger partial charge in [0.05, 0.1) is 17.8 Å². The lowest BCUT2D eigenvalue weighted by molar-refractivity contribution is -0.193. The van der Waals surface area contributed by atoms with Crippen molar-refractivity contribution in [3.63, 3.8) is 0 Å². The molecule has 6 aliphatic carbocycles. The number of phenols is 1. The highest BCUT2D eigenvalue weighted by Gasteiger charge is 2.72. The highest BCUT2D eigenvalue weighted by Crippen LogP contribution is 2.75. The van der Waals surface area contributed by atoms with Crippen molar-refractivity contribution >= 4 is 17.3 Å². The van der Waals surface area contributed by atoms with Crippen LogP contribution >= 0.6 is 0 Å². The van der Waals surface area contributed by atoms with E-state index in [0.29, 0.717) is 50.1 Å². The zero-order chi connectivity index (χ0) is 46.4. The number of nitrogen functional groups attached to an aromatic ring is 1. The lowest BCUT2D eigenvalue weighted by Crippen LogP contribution is -2.69. The van der Waals surface area contributed by atoms with Crippen molar-refractivity contribution in [2.24, 2.45) is 51.2 Å². The minimum atomic E-state index is -0.688. The predicted octanol–water partition coefficient (Wildman–Crippen LogP) is 9.52. The number of aliphatic hydroxyl groups is 2. The summed E-state index contributed by atoms with van der Waals surface area (Å²) in [6.07, 6.45) is 11.8. The summed E-state index contributed by atoms with van der Waals surface area (Å²) in [7, 11) is 1.89. The van der Waals surface area contributed by atoms with Gasteiger partial charge in [-0.05, 0) is 172 Å². The van der Waals surface area contributed by atoms with Crippen molar-refractivity contribution in [1.82, 2.24) is 10.6 Å². The summed E-state index contributed by atoms with van der Waals surface area (Å²) in [5.74, 6) is 1.53. The van der Waals surface area contributed by atoms with Gasteiger partial charge in [-0.2, -0.15) is 0 Å². The van der Waals surface area contributed by atoms with E-state index in [4.69, 9.17) is 10.5 Å². The first-order valence-corrected chi connectivity index (χ1v) is 25.7. The summed E-state index contributed by atoms with van der Waals surface area (Å²) >= 11 is 0. The summed E-state index contributed by atoms with van der Waals surface area (Å²) in [6.45, 7) is 16.7. The van der Waals surface area contributed by atoms with Gasteiger partial charge in [0.2, 0.25) is 0 Å². The molecule has 0 radical (unpaired) electrons. The third-order valence-corrected chi connectivity index (χ3v) is 19.8. The van der Waals surface area contributed by atoms with Crippen LogP contribution in [0.15, 0.2) is 53.6 Å². The standard InChI is InChI=1S/C56H81N3O6/c1-32(60)30-59-44-28-55(6)47(53(4)27-41(50(64)52(2,3)49(44)53)36-22-33(31-58-8)23-38(61)25-36)21-20-43-48(46(63)29-54(43,55)5)40(34-14-10-9-11-15-34)26-45(62)51-56(7,65-51)42-19-13-18-39(42)35-16-12-17-37(57)24-35/h12,16-17,22-25,32,34,39-42,44-45,47,49,51,58-62H,9-11,13-15,18-21,26-31,57H2,1-8H3. The van der Waals surface area contributed by atoms with Crippen LogP contribution in [0.4, 0.5) is 5.69 Å². The van der Waals surface area contributed by atoms with Crippen LogP contribution in [0, 0.1) is 51.2 Å². The molecule has 2 aromatic rings. The van der Waals surface area contributed by atoms with Gasteiger partial charge in [-0.3, -0.25) is 9.59 Å². The molecular formula is C56H81N3O6. The van der Waals surface area contributed by atoms with E-state index < -0.39 is 28.6 Å². The van der Waals surface area contributed by atoms with E-state index in [1.807, 2.05) is 20.0 Å². The van der Waals surface area contributed by atoms with E-state index in [2.05, 4.69) is 76.4 Å². The fourth-order valence-electron chi connectivity index (χ4n) is 17.1. The van der Waals surface area contributed by atoms with E-state index in [1.165, 1.54) is 17.6 Å². The molecule has 1 saturated heterocycles. The molecule has 9 heteroatoms. The minimum Gasteiger partial charge on any atom is -0.508 e. The van der Waals surface area contributed by atoms with Gasteiger partial charge in [-0.15, -0.1) is 0 Å². The number of carbonyl (C=O) groups excluding carboxylic acids is 2. The lowest BCUT2D eigenvalue weighted by atomic mass is 9.34. The number of anilines is 1. The van der Waals surface area contributed by atoms with Gasteiger partial charge in [0, 0.05) is 48.0 Å². The Morgan fingerprint density at radius 2 is 1.65 bits per heavy atom. The van der Waals surface area contributed by atoms with Gasteiger partial charge in [-0.25, -0.2) is 0 Å². The average molecular weight is 892 g/mol. The van der Waals surface area contributed by atoms with E-state index in [0.717, 1.165) is 86.6 Å². The highest BCUT2D eigenvalue weighted by molar-refractivity contribution is 6.01. The molecule has 0 bridgehead atoms. The fourth-order valence-corrected chi connectivity index (χ4v) is 17.1. The number of ketones is 2. The van der Waals surface area contributed by atoms with Crippen LogP contribution in [0.2, 0.25) is 0 Å². The molecule has 6 fully saturated rings. The monoisotopic (exact) mass is 892 g/mol. The molecule has 7 N–H and O–H groups in total. The van der Waals surface area contributed by atoms with Crippen molar-refractivity contribution in [3.8, 4) is 5.75 Å². The second-order valence-electron chi connectivity index (χ2n) is 24.0. The van der Waals surface area contributed by atoms with Gasteiger partial charge in [-0.1, -0.05) is 84.1 Å². The largest absolute Gasteiger partial charge is 0.508 e. The Balaban J connectivity index is 1.07. The molecule has 2 aromatic carbocycles. The smallest absolute Gasteiger partial charge is 0.160 e. The Morgan fingerprint density at radius 1 is 0.892 bits per heavy atom. The Labute approximate surface area is 389 Å². The first-order valence-electron chi connectivity index (χ1n) is 25.7. The Morgan fingerprint density at radius 3 is 2.35 bits per heavy atom. The van der Waals surface area contributed by atoms with Crippen molar-refractivity contribution in [2.45, 2.75) is 187 Å². The average Bonchev–Trinajstić information content (AvgIpc) is 3.55. The van der Waals surface area contributed by atoms with Crippen molar-refractivity contribution in [3.05, 3.63) is 70.3 Å². The van der Waals surface area contributed by atoms with Crippen LogP contribution in [0.1, 0.15) is 167 Å². The zero-order valence-electron chi connectivity index (χ0n) is 40.8. The van der Waals surface area contributed by atoms with Gasteiger partial charge in [0.15, 0.2) is 5.78 Å². The zero-order valence-corrected chi connectivity index (χ0v) is 40.8. The summed E-state index contributed by atoms with van der Waals surface area (Å²) < 4.78 is 6.68. The van der Waals surface area contributed by atoms with Crippen LogP contribution in [-0.2, 0) is 20.9 Å². The number of aromatic hydroxyl groups is 1. The maximum absolute atomic E-state index is 15.2. The molecule has 1 aliphatic heterocycles. The molecular weight excluding hydrogens is 811 g/mol. The van der Waals surface area contributed by atoms with Crippen LogP contribution in [0.5, 0.6) is 5.75 Å². The summed E-state index contributed by atoms with van der Waals surface area (Å²) in [5, 5.41) is 41.2. The third-order valence-electron chi connectivity index (χ3n) is 19.8. The van der Waals surface area contributed by atoms with Crippen molar-refractivity contribution in [2.75, 3.05) is 19.3 Å². The molecule has 14 atom stereocenters. The van der Waals surface area contributed by atoms with Gasteiger partial charge >= 0.3 is 0 Å². The van der Waals surface area contributed by atoms with Gasteiger partial charge in [0.25, 0.3) is 0 Å². The molecule has 356 valence electrons. The number of ether oxygens (including phenoxy) is 1. The fraction of sp³-hybridized carbons (Fsp3) is 0.714. The lowest BCUT2D eigenvalue weighted by Gasteiger charge is -2.70.